The summed E-state index contributed by atoms with van der Waals surface area (Å²) in [7, 11) is 0. The highest BCUT2D eigenvalue weighted by Gasteiger charge is 2.28. The lowest BCUT2D eigenvalue weighted by Gasteiger charge is -2.24. The Kier molecular flexibility index (Phi) is 4.25. The van der Waals surface area contributed by atoms with Gasteiger partial charge in [-0.2, -0.15) is 0 Å². The van der Waals surface area contributed by atoms with Crippen molar-refractivity contribution in [2.24, 2.45) is 5.92 Å². The van der Waals surface area contributed by atoms with Gasteiger partial charge in [-0.05, 0) is 70.7 Å². The number of nitrogens with one attached hydrogen (secondary N) is 1. The Morgan fingerprint density at radius 1 is 1.37 bits per heavy atom. The molecule has 2 fully saturated rings. The molecule has 19 heavy (non-hydrogen) atoms. The first-order valence-corrected chi connectivity index (χ1v) is 8.55. The largest absolute Gasteiger partial charge is 0.314 e. The molecule has 3 heteroatoms. The number of rotatable bonds is 6. The lowest BCUT2D eigenvalue weighted by molar-refractivity contribution is 0.247. The first-order valence-electron chi connectivity index (χ1n) is 7.73. The molecule has 0 aromatic carbocycles. The molecule has 106 valence electrons. The summed E-state index contributed by atoms with van der Waals surface area (Å²) in [5.41, 5.74) is 0. The van der Waals surface area contributed by atoms with E-state index in [1.807, 2.05) is 11.3 Å². The summed E-state index contributed by atoms with van der Waals surface area (Å²) in [6, 6.07) is 6.11. The van der Waals surface area contributed by atoms with E-state index < -0.39 is 0 Å². The fourth-order valence-corrected chi connectivity index (χ4v) is 4.08. The van der Waals surface area contributed by atoms with Crippen LogP contribution in [0, 0.1) is 12.8 Å². The van der Waals surface area contributed by atoms with Gasteiger partial charge < -0.3 is 5.32 Å². The number of aryl methyl sites for hydroxylation is 1. The van der Waals surface area contributed by atoms with Gasteiger partial charge in [0.2, 0.25) is 0 Å². The number of likely N-dealkylation sites (tertiary alicyclic amines) is 1. The average Bonchev–Trinajstić information content (AvgIpc) is 2.94. The van der Waals surface area contributed by atoms with Gasteiger partial charge in [-0.3, -0.25) is 4.90 Å². The van der Waals surface area contributed by atoms with Crippen molar-refractivity contribution in [3.63, 3.8) is 0 Å². The predicted octanol–water partition coefficient (Wildman–Crippen LogP) is 3.06. The van der Waals surface area contributed by atoms with Crippen LogP contribution in [0.25, 0.3) is 0 Å². The second-order valence-electron chi connectivity index (χ2n) is 6.40. The molecule has 0 amide bonds. The van der Waals surface area contributed by atoms with Crippen LogP contribution in [0.2, 0.25) is 0 Å². The highest BCUT2D eigenvalue weighted by Crippen LogP contribution is 2.24. The molecule has 0 bridgehead atoms. The fourth-order valence-electron chi connectivity index (χ4n) is 3.07. The van der Waals surface area contributed by atoms with Crippen molar-refractivity contribution in [1.82, 2.24) is 10.2 Å². The second-order valence-corrected chi connectivity index (χ2v) is 7.77. The first kappa shape index (κ1) is 13.6. The Hall–Kier alpha value is -0.380. The summed E-state index contributed by atoms with van der Waals surface area (Å²) in [6.07, 6.45) is 5.42. The normalized spacial score (nSPS) is 25.9. The smallest absolute Gasteiger partial charge is 0.0115 e. The molecule has 0 spiro atoms. The van der Waals surface area contributed by atoms with E-state index >= 15 is 0 Å². The van der Waals surface area contributed by atoms with Crippen LogP contribution in [0.4, 0.5) is 0 Å². The summed E-state index contributed by atoms with van der Waals surface area (Å²) in [6.45, 7) is 8.43. The third kappa shape index (κ3) is 3.80. The van der Waals surface area contributed by atoms with E-state index in [2.05, 4.69) is 36.2 Å². The zero-order valence-corrected chi connectivity index (χ0v) is 13.0. The van der Waals surface area contributed by atoms with Crippen LogP contribution >= 0.6 is 11.3 Å². The summed E-state index contributed by atoms with van der Waals surface area (Å²) in [5.74, 6) is 0.883. The predicted molar refractivity (Wildman–Crippen MR) is 82.9 cm³/mol. The summed E-state index contributed by atoms with van der Waals surface area (Å²) in [5, 5.41) is 3.69. The molecule has 2 atom stereocenters. The van der Waals surface area contributed by atoms with Gasteiger partial charge in [0.15, 0.2) is 0 Å². The van der Waals surface area contributed by atoms with E-state index in [1.165, 1.54) is 50.2 Å². The monoisotopic (exact) mass is 278 g/mol. The zero-order valence-electron chi connectivity index (χ0n) is 12.2. The number of hydrogen-bond donors (Lipinski definition) is 1. The van der Waals surface area contributed by atoms with Crippen molar-refractivity contribution >= 4 is 11.3 Å². The first-order chi connectivity index (χ1) is 9.20. The molecule has 2 heterocycles. The van der Waals surface area contributed by atoms with Gasteiger partial charge in [-0.1, -0.05) is 0 Å². The van der Waals surface area contributed by atoms with Crippen LogP contribution in [0.15, 0.2) is 12.1 Å². The highest BCUT2D eigenvalue weighted by atomic mass is 32.1. The minimum atomic E-state index is 0.698. The number of thiophene rings is 1. The summed E-state index contributed by atoms with van der Waals surface area (Å²) < 4.78 is 0. The van der Waals surface area contributed by atoms with Crippen LogP contribution in [0.5, 0.6) is 0 Å². The van der Waals surface area contributed by atoms with Crippen LogP contribution in [0.3, 0.4) is 0 Å². The molecule has 1 N–H and O–H groups in total. The van der Waals surface area contributed by atoms with Gasteiger partial charge in [-0.25, -0.2) is 0 Å². The maximum absolute atomic E-state index is 3.69. The Bertz CT molecular complexity index is 411. The van der Waals surface area contributed by atoms with E-state index in [9.17, 15) is 0 Å². The standard InChI is InChI=1S/C16H26N2S/c1-12(9-16-6-3-13(2)19-16)18-8-7-14(11-18)10-17-15-4-5-15/h3,6,12,14-15,17H,4-5,7-11H2,1-2H3. The molecule has 2 nitrogen and oxygen atoms in total. The van der Waals surface area contributed by atoms with Crippen LogP contribution in [-0.2, 0) is 6.42 Å². The van der Waals surface area contributed by atoms with Gasteiger partial charge in [0.1, 0.15) is 0 Å². The minimum absolute atomic E-state index is 0.698. The molecular formula is C16H26N2S. The third-order valence-corrected chi connectivity index (χ3v) is 5.53. The van der Waals surface area contributed by atoms with Gasteiger partial charge in [0.25, 0.3) is 0 Å². The Morgan fingerprint density at radius 2 is 2.21 bits per heavy atom. The fraction of sp³-hybridized carbons (Fsp3) is 0.750. The average molecular weight is 278 g/mol. The maximum Gasteiger partial charge on any atom is 0.0115 e. The molecule has 2 aliphatic rings. The van der Waals surface area contributed by atoms with E-state index in [4.69, 9.17) is 0 Å². The zero-order chi connectivity index (χ0) is 13.2. The highest BCUT2D eigenvalue weighted by molar-refractivity contribution is 7.11. The lowest BCUT2D eigenvalue weighted by Crippen LogP contribution is -2.34. The minimum Gasteiger partial charge on any atom is -0.314 e. The van der Waals surface area contributed by atoms with Gasteiger partial charge in [0.05, 0.1) is 0 Å². The Balaban J connectivity index is 1.43. The van der Waals surface area contributed by atoms with Crippen molar-refractivity contribution in [3.05, 3.63) is 21.9 Å². The van der Waals surface area contributed by atoms with Crippen molar-refractivity contribution in [2.75, 3.05) is 19.6 Å². The second kappa shape index (κ2) is 5.94. The maximum atomic E-state index is 3.69. The van der Waals surface area contributed by atoms with Crippen molar-refractivity contribution < 1.29 is 0 Å². The summed E-state index contributed by atoms with van der Waals surface area (Å²) in [4.78, 5) is 5.67. The molecule has 1 aromatic heterocycles. The Labute approximate surface area is 121 Å². The topological polar surface area (TPSA) is 15.3 Å². The van der Waals surface area contributed by atoms with Crippen LogP contribution in [-0.4, -0.2) is 36.6 Å². The van der Waals surface area contributed by atoms with Gasteiger partial charge in [-0.15, -0.1) is 11.3 Å². The SMILES string of the molecule is Cc1ccc(CC(C)N2CCC(CNC3CC3)C2)s1. The van der Waals surface area contributed by atoms with E-state index in [1.54, 1.807) is 4.88 Å². The van der Waals surface area contributed by atoms with E-state index in [0.29, 0.717) is 6.04 Å². The molecule has 3 rings (SSSR count). The molecule has 1 saturated heterocycles. The molecule has 1 aromatic rings. The van der Waals surface area contributed by atoms with E-state index in [-0.39, 0.29) is 0 Å². The van der Waals surface area contributed by atoms with Crippen LogP contribution < -0.4 is 5.32 Å². The third-order valence-electron chi connectivity index (χ3n) is 4.51. The van der Waals surface area contributed by atoms with Crippen molar-refractivity contribution in [1.29, 1.82) is 0 Å². The van der Waals surface area contributed by atoms with Crippen molar-refractivity contribution in [3.8, 4) is 0 Å². The van der Waals surface area contributed by atoms with Gasteiger partial charge >= 0.3 is 0 Å². The van der Waals surface area contributed by atoms with Crippen LogP contribution in [0.1, 0.15) is 35.9 Å². The molecule has 0 radical (unpaired) electrons. The van der Waals surface area contributed by atoms with Gasteiger partial charge in [0, 0.05) is 28.4 Å². The Morgan fingerprint density at radius 3 is 2.89 bits per heavy atom. The summed E-state index contributed by atoms with van der Waals surface area (Å²) >= 11 is 1.96. The molecule has 1 aliphatic carbocycles. The molecule has 1 aliphatic heterocycles. The lowest BCUT2D eigenvalue weighted by atomic mass is 10.1. The number of nitrogens with zero attached hydrogens (tertiary/aromatic N) is 1. The number of hydrogen-bond acceptors (Lipinski definition) is 3. The molecular weight excluding hydrogens is 252 g/mol. The molecule has 2 unspecified atom stereocenters. The van der Waals surface area contributed by atoms with Crippen molar-refractivity contribution in [2.45, 2.75) is 51.6 Å². The quantitative estimate of drug-likeness (QED) is 0.860. The van der Waals surface area contributed by atoms with E-state index in [0.717, 1.165) is 12.0 Å². The molecule has 1 saturated carbocycles.